The van der Waals surface area contributed by atoms with Gasteiger partial charge in [-0.15, -0.1) is 0 Å². The number of aliphatic hydroxyl groups excluding tert-OH is 1. The molecule has 0 saturated carbocycles. The van der Waals surface area contributed by atoms with Crippen molar-refractivity contribution in [1.82, 2.24) is 5.32 Å². The van der Waals surface area contributed by atoms with E-state index in [0.29, 0.717) is 6.42 Å². The van der Waals surface area contributed by atoms with Crippen molar-refractivity contribution in [3.63, 3.8) is 0 Å². The highest BCUT2D eigenvalue weighted by Crippen LogP contribution is 2.13. The van der Waals surface area contributed by atoms with Crippen LogP contribution >= 0.6 is 0 Å². The molecule has 0 heterocycles. The van der Waals surface area contributed by atoms with E-state index in [1.54, 1.807) is 6.08 Å². The van der Waals surface area contributed by atoms with E-state index in [0.717, 1.165) is 44.9 Å². The summed E-state index contributed by atoms with van der Waals surface area (Å²) in [7, 11) is -4.34. The largest absolute Gasteiger partial charge is 0.387 e. The number of nitrogens with one attached hydrogen (secondary N) is 1. The molecular weight excluding hydrogens is 510 g/mol. The number of allylic oxidation sites excluding steroid dienone is 5. The molecule has 3 N–H and O–H groups in total. The Hall–Kier alpha value is -1.44. The van der Waals surface area contributed by atoms with Gasteiger partial charge in [-0.05, 0) is 38.5 Å². The highest BCUT2D eigenvalue weighted by atomic mass is 32.2. The summed E-state index contributed by atoms with van der Waals surface area (Å²) >= 11 is 0. The van der Waals surface area contributed by atoms with Crippen molar-refractivity contribution in [1.29, 1.82) is 0 Å². The Morgan fingerprint density at radius 3 is 1.56 bits per heavy atom. The molecule has 0 aromatic carbocycles. The zero-order valence-corrected chi connectivity index (χ0v) is 25.8. The Balaban J connectivity index is 4.13. The molecule has 0 aliphatic carbocycles. The van der Waals surface area contributed by atoms with E-state index in [-0.39, 0.29) is 12.3 Å². The van der Waals surface area contributed by atoms with Gasteiger partial charge in [-0.1, -0.05) is 134 Å². The maximum atomic E-state index is 12.4. The summed E-state index contributed by atoms with van der Waals surface area (Å²) in [5.41, 5.74) is 0. The fraction of sp³-hybridized carbons (Fsp3) is 0.781. The first kappa shape index (κ1) is 37.6. The molecule has 7 heteroatoms. The van der Waals surface area contributed by atoms with Crippen molar-refractivity contribution in [3.8, 4) is 0 Å². The van der Waals surface area contributed by atoms with Crippen molar-refractivity contribution in [2.45, 2.75) is 154 Å². The van der Waals surface area contributed by atoms with E-state index in [9.17, 15) is 22.9 Å². The number of unbranched alkanes of at least 4 members (excludes halogenated alkanes) is 15. The third-order valence-corrected chi connectivity index (χ3v) is 7.56. The van der Waals surface area contributed by atoms with E-state index in [2.05, 4.69) is 43.5 Å². The van der Waals surface area contributed by atoms with Crippen LogP contribution in [0, 0.1) is 0 Å². The zero-order valence-electron chi connectivity index (χ0n) is 25.0. The van der Waals surface area contributed by atoms with Crippen LogP contribution in [0.3, 0.4) is 0 Å². The SMILES string of the molecule is CCC/C=C/CC/C=C/CC/C=C/C(O)C(CS(=O)(=O)O)NC(=O)CCCCCCCCCCCCCCC. The minimum atomic E-state index is -4.34. The van der Waals surface area contributed by atoms with Gasteiger partial charge in [-0.2, -0.15) is 8.42 Å². The van der Waals surface area contributed by atoms with Crippen molar-refractivity contribution >= 4 is 16.0 Å². The summed E-state index contributed by atoms with van der Waals surface area (Å²) in [6, 6.07) is -1.07. The fourth-order valence-corrected chi connectivity index (χ4v) is 5.16. The molecular formula is C32H59NO5S. The van der Waals surface area contributed by atoms with Crippen LogP contribution in [0.4, 0.5) is 0 Å². The van der Waals surface area contributed by atoms with Crippen LogP contribution in [0.5, 0.6) is 0 Å². The normalized spacial score (nSPS) is 14.1. The lowest BCUT2D eigenvalue weighted by molar-refractivity contribution is -0.122. The third-order valence-electron chi connectivity index (χ3n) is 6.78. The summed E-state index contributed by atoms with van der Waals surface area (Å²) in [6.07, 6.45) is 32.7. The molecule has 39 heavy (non-hydrogen) atoms. The summed E-state index contributed by atoms with van der Waals surface area (Å²) in [5.74, 6) is -1.01. The lowest BCUT2D eigenvalue weighted by atomic mass is 10.0. The van der Waals surface area contributed by atoms with Gasteiger partial charge >= 0.3 is 0 Å². The Labute approximate surface area is 240 Å². The lowest BCUT2D eigenvalue weighted by Gasteiger charge is -2.21. The minimum absolute atomic E-state index is 0.286. The van der Waals surface area contributed by atoms with Crippen LogP contribution < -0.4 is 5.32 Å². The first-order valence-corrected chi connectivity index (χ1v) is 17.3. The summed E-state index contributed by atoms with van der Waals surface area (Å²) in [5, 5.41) is 13.1. The van der Waals surface area contributed by atoms with E-state index >= 15 is 0 Å². The topological polar surface area (TPSA) is 104 Å². The van der Waals surface area contributed by atoms with Crippen LogP contribution in [0.15, 0.2) is 36.5 Å². The van der Waals surface area contributed by atoms with Gasteiger partial charge in [0, 0.05) is 6.42 Å². The average molecular weight is 570 g/mol. The molecule has 0 spiro atoms. The molecule has 6 nitrogen and oxygen atoms in total. The highest BCUT2D eigenvalue weighted by Gasteiger charge is 2.24. The van der Waals surface area contributed by atoms with Gasteiger partial charge in [0.05, 0.1) is 17.9 Å². The van der Waals surface area contributed by atoms with Crippen molar-refractivity contribution in [2.24, 2.45) is 0 Å². The van der Waals surface area contributed by atoms with Gasteiger partial charge in [0.2, 0.25) is 5.91 Å². The first-order valence-electron chi connectivity index (χ1n) is 15.7. The number of carbonyl (C=O) groups excluding carboxylic acids is 1. The van der Waals surface area contributed by atoms with E-state index in [4.69, 9.17) is 0 Å². The monoisotopic (exact) mass is 569 g/mol. The molecule has 228 valence electrons. The molecule has 0 aliphatic heterocycles. The number of hydrogen-bond acceptors (Lipinski definition) is 4. The maximum Gasteiger partial charge on any atom is 0.267 e. The Morgan fingerprint density at radius 2 is 1.10 bits per heavy atom. The lowest BCUT2D eigenvalue weighted by Crippen LogP contribution is -2.46. The molecule has 0 aromatic rings. The molecule has 0 saturated heterocycles. The second kappa shape index (κ2) is 26.8. The smallest absolute Gasteiger partial charge is 0.267 e. The number of hydrogen-bond donors (Lipinski definition) is 3. The van der Waals surface area contributed by atoms with E-state index in [1.165, 1.54) is 76.7 Å². The number of amides is 1. The summed E-state index contributed by atoms with van der Waals surface area (Å²) < 4.78 is 32.1. The molecule has 0 bridgehead atoms. The maximum absolute atomic E-state index is 12.4. The van der Waals surface area contributed by atoms with Crippen molar-refractivity contribution < 1.29 is 22.9 Å². The molecule has 1 amide bonds. The van der Waals surface area contributed by atoms with E-state index < -0.39 is 28.0 Å². The quantitative estimate of drug-likeness (QED) is 0.0525. The van der Waals surface area contributed by atoms with Gasteiger partial charge in [0.1, 0.15) is 0 Å². The molecule has 2 unspecified atom stereocenters. The Morgan fingerprint density at radius 1 is 0.667 bits per heavy atom. The number of carbonyl (C=O) groups is 1. The van der Waals surface area contributed by atoms with Crippen LogP contribution in [0.1, 0.15) is 142 Å². The molecule has 0 radical (unpaired) electrons. The second-order valence-corrected chi connectivity index (χ2v) is 12.2. The molecule has 0 rings (SSSR count). The van der Waals surface area contributed by atoms with Gasteiger partial charge in [-0.3, -0.25) is 9.35 Å². The third kappa shape index (κ3) is 27.9. The summed E-state index contributed by atoms with van der Waals surface area (Å²) in [4.78, 5) is 12.4. The number of aliphatic hydroxyl groups is 1. The minimum Gasteiger partial charge on any atom is -0.387 e. The number of rotatable bonds is 27. The van der Waals surface area contributed by atoms with Crippen LogP contribution in [0.25, 0.3) is 0 Å². The predicted octanol–water partition coefficient (Wildman–Crippen LogP) is 8.23. The standard InChI is InChI=1S/C32H59NO5S/c1-3-5-7-9-11-13-15-16-18-20-22-24-26-28-32(35)33-30(29-39(36,37)38)31(34)27-25-23-21-19-17-14-12-10-8-6-4-2/h8,10,17,19,25,27,30-31,34H,3-7,9,11-16,18,20-24,26,28-29H2,1-2H3,(H,33,35)(H,36,37,38)/b10-8+,19-17+,27-25+. The predicted molar refractivity (Wildman–Crippen MR) is 165 cm³/mol. The van der Waals surface area contributed by atoms with Gasteiger partial charge in [0.15, 0.2) is 0 Å². The fourth-order valence-electron chi connectivity index (χ4n) is 4.43. The first-order chi connectivity index (χ1) is 18.8. The van der Waals surface area contributed by atoms with Crippen molar-refractivity contribution in [2.75, 3.05) is 5.75 Å². The van der Waals surface area contributed by atoms with Crippen molar-refractivity contribution in [3.05, 3.63) is 36.5 Å². The van der Waals surface area contributed by atoms with Crippen LogP contribution in [-0.4, -0.2) is 41.9 Å². The molecule has 2 atom stereocenters. The molecule has 0 fully saturated rings. The molecule has 0 aromatic heterocycles. The Kier molecular flexibility index (Phi) is 25.8. The van der Waals surface area contributed by atoms with Gasteiger partial charge < -0.3 is 10.4 Å². The Bertz CT molecular complexity index is 761. The second-order valence-electron chi connectivity index (χ2n) is 10.7. The summed E-state index contributed by atoms with van der Waals surface area (Å²) in [6.45, 7) is 4.40. The average Bonchev–Trinajstić information content (AvgIpc) is 2.88. The van der Waals surface area contributed by atoms with Crippen LogP contribution in [0.2, 0.25) is 0 Å². The van der Waals surface area contributed by atoms with Crippen LogP contribution in [-0.2, 0) is 14.9 Å². The highest BCUT2D eigenvalue weighted by molar-refractivity contribution is 7.85. The van der Waals surface area contributed by atoms with Gasteiger partial charge in [0.25, 0.3) is 10.1 Å². The zero-order chi connectivity index (χ0) is 29.0. The molecule has 0 aliphatic rings. The van der Waals surface area contributed by atoms with Gasteiger partial charge in [-0.25, -0.2) is 0 Å². The van der Waals surface area contributed by atoms with E-state index in [1.807, 2.05) is 0 Å².